The topological polar surface area (TPSA) is 34.1 Å². The fourth-order valence-corrected chi connectivity index (χ4v) is 3.36. The van der Waals surface area contributed by atoms with Crippen molar-refractivity contribution in [2.75, 3.05) is 57.8 Å². The fourth-order valence-electron chi connectivity index (χ4n) is 3.36. The number of rotatable bonds is 6. The number of anilines is 1. The van der Waals surface area contributed by atoms with Gasteiger partial charge in [0.1, 0.15) is 0 Å². The Morgan fingerprint density at radius 1 is 1.12 bits per heavy atom. The Hall–Kier alpha value is -1.02. The maximum Gasteiger partial charge on any atom is 0.193 e. The van der Waals surface area contributed by atoms with Crippen molar-refractivity contribution >= 4 is 35.6 Å². The van der Waals surface area contributed by atoms with E-state index in [0.717, 1.165) is 51.8 Å². The summed E-state index contributed by atoms with van der Waals surface area (Å²) in [5.41, 5.74) is 1.32. The van der Waals surface area contributed by atoms with E-state index in [1.165, 1.54) is 5.69 Å². The molecule has 1 aromatic carbocycles. The summed E-state index contributed by atoms with van der Waals surface area (Å²) < 4.78 is 0. The lowest BCUT2D eigenvalue weighted by atomic mass is 10.2. The van der Waals surface area contributed by atoms with Crippen molar-refractivity contribution in [1.82, 2.24) is 15.1 Å². The number of guanidine groups is 1. The maximum absolute atomic E-state index is 4.49. The molecule has 0 amide bonds. The van der Waals surface area contributed by atoms with E-state index in [4.69, 9.17) is 0 Å². The van der Waals surface area contributed by atoms with Crippen LogP contribution < -0.4 is 10.2 Å². The number of piperazine rings is 1. The second-order valence-corrected chi connectivity index (χ2v) is 6.31. The third kappa shape index (κ3) is 6.33. The molecule has 0 saturated carbocycles. The number of halogens is 1. The van der Waals surface area contributed by atoms with Crippen molar-refractivity contribution in [3.8, 4) is 0 Å². The number of aliphatic imine (C=N–C) groups is 1. The molecule has 1 aliphatic heterocycles. The van der Waals surface area contributed by atoms with Crippen LogP contribution >= 0.6 is 24.0 Å². The van der Waals surface area contributed by atoms with Crippen LogP contribution in [-0.4, -0.2) is 74.7 Å². The van der Waals surface area contributed by atoms with Gasteiger partial charge in [0.15, 0.2) is 5.96 Å². The Morgan fingerprint density at radius 3 is 2.24 bits per heavy atom. The Morgan fingerprint density at radius 2 is 1.72 bits per heavy atom. The lowest BCUT2D eigenvalue weighted by molar-refractivity contribution is 0.229. The second kappa shape index (κ2) is 11.6. The van der Waals surface area contributed by atoms with Crippen LogP contribution in [0.2, 0.25) is 0 Å². The van der Waals surface area contributed by atoms with Gasteiger partial charge in [0.25, 0.3) is 0 Å². The number of benzene rings is 1. The average molecular weight is 459 g/mol. The molecule has 1 aliphatic rings. The Labute approximate surface area is 170 Å². The van der Waals surface area contributed by atoms with Gasteiger partial charge in [0.2, 0.25) is 0 Å². The summed E-state index contributed by atoms with van der Waals surface area (Å²) in [6.45, 7) is 13.9. The molecular weight excluding hydrogens is 425 g/mol. The van der Waals surface area contributed by atoms with E-state index in [9.17, 15) is 0 Å². The predicted octanol–water partition coefficient (Wildman–Crippen LogP) is 2.73. The number of hydrogen-bond acceptors (Lipinski definition) is 3. The van der Waals surface area contributed by atoms with E-state index in [2.05, 4.69) is 76.1 Å². The van der Waals surface area contributed by atoms with Gasteiger partial charge < -0.3 is 15.1 Å². The second-order valence-electron chi connectivity index (χ2n) is 6.31. The van der Waals surface area contributed by atoms with E-state index in [1.54, 1.807) is 0 Å². The van der Waals surface area contributed by atoms with Gasteiger partial charge in [-0.3, -0.25) is 9.89 Å². The quantitative estimate of drug-likeness (QED) is 0.403. The van der Waals surface area contributed by atoms with Crippen LogP contribution in [0.1, 0.15) is 20.8 Å². The van der Waals surface area contributed by atoms with Gasteiger partial charge in [-0.05, 0) is 32.1 Å². The molecule has 0 radical (unpaired) electrons. The van der Waals surface area contributed by atoms with Crippen LogP contribution in [-0.2, 0) is 0 Å². The summed E-state index contributed by atoms with van der Waals surface area (Å²) in [4.78, 5) is 11.8. The number of hydrogen-bond donors (Lipinski definition) is 1. The van der Waals surface area contributed by atoms with Gasteiger partial charge in [0.05, 0.1) is 0 Å². The van der Waals surface area contributed by atoms with Crippen molar-refractivity contribution in [3.05, 3.63) is 30.3 Å². The monoisotopic (exact) mass is 459 g/mol. The van der Waals surface area contributed by atoms with Gasteiger partial charge in [-0.1, -0.05) is 32.0 Å². The van der Waals surface area contributed by atoms with Gasteiger partial charge in [0, 0.05) is 51.5 Å². The summed E-state index contributed by atoms with van der Waals surface area (Å²) in [5.74, 6) is 1.03. The van der Waals surface area contributed by atoms with Crippen LogP contribution in [0.15, 0.2) is 35.3 Å². The zero-order chi connectivity index (χ0) is 17.4. The zero-order valence-electron chi connectivity index (χ0n) is 16.1. The zero-order valence-corrected chi connectivity index (χ0v) is 18.4. The first-order valence-electron chi connectivity index (χ1n) is 9.19. The molecule has 25 heavy (non-hydrogen) atoms. The SMILES string of the molecule is CCN(CC)C(C)CNC(=NC)N1CCN(c2ccccc2)CC1.I. The maximum atomic E-state index is 4.49. The molecule has 1 saturated heterocycles. The Kier molecular flexibility index (Phi) is 10.2. The van der Waals surface area contributed by atoms with Crippen LogP contribution in [0.4, 0.5) is 5.69 Å². The molecule has 1 unspecified atom stereocenters. The molecule has 1 aromatic rings. The predicted molar refractivity (Wildman–Crippen MR) is 119 cm³/mol. The highest BCUT2D eigenvalue weighted by molar-refractivity contribution is 14.0. The smallest absolute Gasteiger partial charge is 0.193 e. The van der Waals surface area contributed by atoms with Crippen molar-refractivity contribution in [2.45, 2.75) is 26.8 Å². The number of nitrogens with zero attached hydrogens (tertiary/aromatic N) is 4. The molecule has 0 spiro atoms. The molecule has 1 heterocycles. The standard InChI is InChI=1S/C19H33N5.HI/c1-5-22(6-2)17(3)16-21-19(20-4)24-14-12-23(13-15-24)18-10-8-7-9-11-18;/h7-11,17H,5-6,12-16H2,1-4H3,(H,20,21);1H. The minimum Gasteiger partial charge on any atom is -0.368 e. The third-order valence-corrected chi connectivity index (χ3v) is 4.90. The molecule has 5 nitrogen and oxygen atoms in total. The number of likely N-dealkylation sites (N-methyl/N-ethyl adjacent to an activating group) is 1. The van der Waals surface area contributed by atoms with Crippen molar-refractivity contribution < 1.29 is 0 Å². The van der Waals surface area contributed by atoms with E-state index < -0.39 is 0 Å². The highest BCUT2D eigenvalue weighted by Gasteiger charge is 2.20. The molecule has 1 fully saturated rings. The first-order chi connectivity index (χ1) is 11.7. The van der Waals surface area contributed by atoms with Gasteiger partial charge in [-0.15, -0.1) is 24.0 Å². The summed E-state index contributed by atoms with van der Waals surface area (Å²) in [7, 11) is 1.88. The molecule has 1 N–H and O–H groups in total. The molecule has 0 aliphatic carbocycles. The first-order valence-corrected chi connectivity index (χ1v) is 9.19. The van der Waals surface area contributed by atoms with Crippen molar-refractivity contribution in [1.29, 1.82) is 0 Å². The summed E-state index contributed by atoms with van der Waals surface area (Å²) in [5, 5.41) is 3.56. The summed E-state index contributed by atoms with van der Waals surface area (Å²) >= 11 is 0. The van der Waals surface area contributed by atoms with E-state index in [0.29, 0.717) is 6.04 Å². The van der Waals surface area contributed by atoms with E-state index in [1.807, 2.05) is 7.05 Å². The summed E-state index contributed by atoms with van der Waals surface area (Å²) in [6, 6.07) is 11.2. The highest BCUT2D eigenvalue weighted by Crippen LogP contribution is 2.15. The van der Waals surface area contributed by atoms with Crippen LogP contribution in [0.3, 0.4) is 0 Å². The van der Waals surface area contributed by atoms with Crippen LogP contribution in [0, 0.1) is 0 Å². The van der Waals surface area contributed by atoms with Gasteiger partial charge in [-0.25, -0.2) is 0 Å². The normalized spacial score (nSPS) is 16.6. The fraction of sp³-hybridized carbons (Fsp3) is 0.632. The summed E-state index contributed by atoms with van der Waals surface area (Å²) in [6.07, 6.45) is 0. The van der Waals surface area contributed by atoms with E-state index >= 15 is 0 Å². The van der Waals surface area contributed by atoms with Gasteiger partial charge in [-0.2, -0.15) is 0 Å². The van der Waals surface area contributed by atoms with E-state index in [-0.39, 0.29) is 24.0 Å². The largest absolute Gasteiger partial charge is 0.368 e. The van der Waals surface area contributed by atoms with Crippen LogP contribution in [0.25, 0.3) is 0 Å². The van der Waals surface area contributed by atoms with Crippen molar-refractivity contribution in [3.63, 3.8) is 0 Å². The lowest BCUT2D eigenvalue weighted by Crippen LogP contribution is -2.54. The third-order valence-electron chi connectivity index (χ3n) is 4.90. The number of para-hydroxylation sites is 1. The van der Waals surface area contributed by atoms with Crippen LogP contribution in [0.5, 0.6) is 0 Å². The average Bonchev–Trinajstić information content (AvgIpc) is 2.64. The Bertz CT molecular complexity index is 496. The van der Waals surface area contributed by atoms with Crippen molar-refractivity contribution in [2.24, 2.45) is 4.99 Å². The lowest BCUT2D eigenvalue weighted by Gasteiger charge is -2.38. The Balaban J connectivity index is 0.00000312. The molecule has 0 bridgehead atoms. The molecule has 0 aromatic heterocycles. The highest BCUT2D eigenvalue weighted by atomic mass is 127. The van der Waals surface area contributed by atoms with Gasteiger partial charge >= 0.3 is 0 Å². The number of nitrogens with one attached hydrogen (secondary N) is 1. The molecule has 1 atom stereocenters. The minimum absolute atomic E-state index is 0. The minimum atomic E-state index is 0. The first kappa shape index (κ1) is 22.0. The molecular formula is C19H34IN5. The molecule has 2 rings (SSSR count). The molecule has 6 heteroatoms. The molecule has 142 valence electrons.